The number of pyridine rings is 1. The maximum Gasteiger partial charge on any atom is 0.459 e. The number of carbonyl (C=O) groups is 2. The lowest BCUT2D eigenvalue weighted by molar-refractivity contribution is -0.291. The molecule has 4 aromatic rings. The molecule has 0 spiro atoms. The summed E-state index contributed by atoms with van der Waals surface area (Å²) >= 11 is 12.5. The summed E-state index contributed by atoms with van der Waals surface area (Å²) in [5.74, 6) is -6.14. The number of alkyl halides is 5. The van der Waals surface area contributed by atoms with Gasteiger partial charge in [0.25, 0.3) is 5.91 Å². The van der Waals surface area contributed by atoms with Crippen LogP contribution >= 0.6 is 23.2 Å². The van der Waals surface area contributed by atoms with Crippen molar-refractivity contribution in [3.63, 3.8) is 0 Å². The van der Waals surface area contributed by atoms with E-state index in [2.05, 4.69) is 25.7 Å². The molecule has 0 aliphatic carbocycles. The smallest absolute Gasteiger partial charge is 0.347 e. The Bertz CT molecular complexity index is 1690. The Morgan fingerprint density at radius 3 is 2.37 bits per heavy atom. The van der Waals surface area contributed by atoms with E-state index in [0.29, 0.717) is 22.3 Å². The first-order chi connectivity index (χ1) is 19.9. The number of ketones is 1. The van der Waals surface area contributed by atoms with E-state index in [1.54, 1.807) is 39.8 Å². The molecule has 1 aromatic carbocycles. The van der Waals surface area contributed by atoms with Gasteiger partial charge in [0.15, 0.2) is 17.3 Å². The number of nitrogens with one attached hydrogen (secondary N) is 1. The van der Waals surface area contributed by atoms with Crippen molar-refractivity contribution in [1.29, 1.82) is 0 Å². The molecule has 1 N–H and O–H groups in total. The fraction of sp³-hybridized carbons (Fsp3) is 0.333. The average molecular weight is 644 g/mol. The zero-order chi connectivity index (χ0) is 31.9. The van der Waals surface area contributed by atoms with Gasteiger partial charge >= 0.3 is 12.1 Å². The minimum atomic E-state index is -5.87. The highest BCUT2D eigenvalue weighted by atomic mass is 35.5. The molecule has 43 heavy (non-hydrogen) atoms. The number of hydrogen-bond acceptors (Lipinski definition) is 6. The molecule has 16 heteroatoms. The zero-order valence-corrected chi connectivity index (χ0v) is 24.6. The third kappa shape index (κ3) is 7.02. The van der Waals surface area contributed by atoms with Gasteiger partial charge in [-0.2, -0.15) is 27.1 Å². The van der Waals surface area contributed by atoms with Crippen LogP contribution in [0.15, 0.2) is 42.7 Å². The second-order valence-electron chi connectivity index (χ2n) is 10.7. The third-order valence-corrected chi connectivity index (χ3v) is 6.55. The molecule has 228 valence electrons. The number of nitrogens with zero attached hydrogens (tertiary/aromatic N) is 6. The summed E-state index contributed by atoms with van der Waals surface area (Å²) in [5.41, 5.74) is -1.01. The summed E-state index contributed by atoms with van der Waals surface area (Å²) in [5, 5.41) is 13.9. The van der Waals surface area contributed by atoms with Crippen LogP contribution in [-0.4, -0.2) is 53.2 Å². The van der Waals surface area contributed by atoms with E-state index in [4.69, 9.17) is 23.2 Å². The highest BCUT2D eigenvalue weighted by molar-refractivity contribution is 6.32. The van der Waals surface area contributed by atoms with E-state index in [1.165, 1.54) is 24.4 Å². The summed E-state index contributed by atoms with van der Waals surface area (Å²) < 4.78 is 67.7. The third-order valence-electron chi connectivity index (χ3n) is 6.03. The fourth-order valence-electron chi connectivity index (χ4n) is 4.10. The monoisotopic (exact) mass is 643 g/mol. The molecule has 0 unspecified atom stereocenters. The van der Waals surface area contributed by atoms with Gasteiger partial charge < -0.3 is 5.32 Å². The molecular weight excluding hydrogens is 620 g/mol. The quantitative estimate of drug-likeness (QED) is 0.183. The van der Waals surface area contributed by atoms with Gasteiger partial charge in [0.05, 0.1) is 23.5 Å². The molecule has 1 amide bonds. The van der Waals surface area contributed by atoms with Crippen molar-refractivity contribution in [2.24, 2.45) is 0 Å². The van der Waals surface area contributed by atoms with Gasteiger partial charge in [-0.25, -0.2) is 14.3 Å². The van der Waals surface area contributed by atoms with Crippen LogP contribution in [-0.2, 0) is 18.9 Å². The van der Waals surface area contributed by atoms with E-state index < -0.39 is 41.6 Å². The minimum Gasteiger partial charge on any atom is -0.347 e. The average Bonchev–Trinajstić information content (AvgIpc) is 3.52. The summed E-state index contributed by atoms with van der Waals surface area (Å²) in [4.78, 5) is 31.1. The lowest BCUT2D eigenvalue weighted by Crippen LogP contribution is -2.41. The Balaban J connectivity index is 1.74. The molecule has 0 bridgehead atoms. The predicted molar refractivity (Wildman–Crippen MR) is 147 cm³/mol. The molecule has 0 atom stereocenters. The number of Topliss-reactive ketones (excluding diaryl/α,β-unsaturated/α-hetero) is 1. The van der Waals surface area contributed by atoms with Crippen molar-refractivity contribution in [2.75, 3.05) is 0 Å². The van der Waals surface area contributed by atoms with E-state index in [9.17, 15) is 31.5 Å². The van der Waals surface area contributed by atoms with Gasteiger partial charge in [0.1, 0.15) is 5.69 Å². The number of hydrogen-bond donors (Lipinski definition) is 1. The Morgan fingerprint density at radius 1 is 1.05 bits per heavy atom. The van der Waals surface area contributed by atoms with Crippen molar-refractivity contribution >= 4 is 34.9 Å². The van der Waals surface area contributed by atoms with E-state index in [1.807, 2.05) is 0 Å². The van der Waals surface area contributed by atoms with Crippen molar-refractivity contribution < 1.29 is 31.5 Å². The maximum absolute atomic E-state index is 13.8. The number of halogens is 7. The molecule has 0 saturated carbocycles. The van der Waals surface area contributed by atoms with E-state index in [0.717, 1.165) is 9.36 Å². The van der Waals surface area contributed by atoms with Crippen molar-refractivity contribution in [3.8, 4) is 5.82 Å². The Hall–Kier alpha value is -3.91. The first-order valence-electron chi connectivity index (χ1n) is 12.6. The Kier molecular flexibility index (Phi) is 8.67. The SMILES string of the molecule is Cc1cc(Cl)cc(C(=O)NC(C)(C)C)c1CC(=O)c1cc(Cn2cc(C(F)(F)C(F)(F)F)nn2)nn1-c1ncccc1Cl. The van der Waals surface area contributed by atoms with Crippen LogP contribution < -0.4 is 5.32 Å². The molecule has 0 fully saturated rings. The van der Waals surface area contributed by atoms with Crippen molar-refractivity contribution in [2.45, 2.75) is 58.3 Å². The summed E-state index contributed by atoms with van der Waals surface area (Å²) in [7, 11) is 0. The molecule has 3 aromatic heterocycles. The van der Waals surface area contributed by atoms with Crippen LogP contribution in [0.2, 0.25) is 10.0 Å². The molecule has 3 heterocycles. The van der Waals surface area contributed by atoms with Crippen LogP contribution in [0.25, 0.3) is 5.82 Å². The normalized spacial score (nSPS) is 12.4. The van der Waals surface area contributed by atoms with Crippen LogP contribution in [0.4, 0.5) is 22.0 Å². The number of aryl methyl sites for hydroxylation is 1. The summed E-state index contributed by atoms with van der Waals surface area (Å²) in [6, 6.07) is 7.41. The van der Waals surface area contributed by atoms with E-state index >= 15 is 0 Å². The maximum atomic E-state index is 13.8. The molecular formula is C27H24Cl2F5N7O2. The lowest BCUT2D eigenvalue weighted by Gasteiger charge is -2.22. The van der Waals surface area contributed by atoms with Gasteiger partial charge in [-0.3, -0.25) is 9.59 Å². The first-order valence-corrected chi connectivity index (χ1v) is 13.3. The standard InChI is InChI=1S/C27H24Cl2F5N7O2/c1-14-8-15(28)9-18(24(43)36-25(2,3)4)17(14)11-21(42)20-10-16(38-41(20)23-19(29)6-5-7-35-23)12-40-13-22(37-39-40)26(30,31)27(32,33)34/h5-10,13H,11-12H2,1-4H3,(H,36,43). The predicted octanol–water partition coefficient (Wildman–Crippen LogP) is 6.13. The van der Waals surface area contributed by atoms with Crippen LogP contribution in [0, 0.1) is 6.92 Å². The second kappa shape index (κ2) is 11.6. The molecule has 0 aliphatic rings. The Labute approximate surface area is 252 Å². The topological polar surface area (TPSA) is 108 Å². The largest absolute Gasteiger partial charge is 0.459 e. The first kappa shape index (κ1) is 32.0. The molecule has 9 nitrogen and oxygen atoms in total. The zero-order valence-electron chi connectivity index (χ0n) is 23.1. The van der Waals surface area contributed by atoms with Crippen molar-refractivity contribution in [3.05, 3.63) is 86.5 Å². The summed E-state index contributed by atoms with van der Waals surface area (Å²) in [6.07, 6.45) is -4.30. The molecule has 0 radical (unpaired) electrons. The van der Waals surface area contributed by atoms with Crippen LogP contribution in [0.1, 0.15) is 64.1 Å². The van der Waals surface area contributed by atoms with Gasteiger partial charge in [0, 0.05) is 28.7 Å². The highest BCUT2D eigenvalue weighted by Gasteiger charge is 2.60. The van der Waals surface area contributed by atoms with Crippen molar-refractivity contribution in [1.82, 2.24) is 35.1 Å². The van der Waals surface area contributed by atoms with Crippen LogP contribution in [0.3, 0.4) is 0 Å². The molecule has 4 rings (SSSR count). The lowest BCUT2D eigenvalue weighted by atomic mass is 9.95. The minimum absolute atomic E-state index is 0.0481. The highest BCUT2D eigenvalue weighted by Crippen LogP contribution is 2.42. The summed E-state index contributed by atoms with van der Waals surface area (Å²) in [6.45, 7) is 6.67. The number of carbonyl (C=O) groups excluding carboxylic acids is 2. The molecule has 0 aliphatic heterocycles. The number of benzene rings is 1. The van der Waals surface area contributed by atoms with E-state index in [-0.39, 0.29) is 34.2 Å². The van der Waals surface area contributed by atoms with Gasteiger partial charge in [0.2, 0.25) is 0 Å². The second-order valence-corrected chi connectivity index (χ2v) is 11.5. The molecule has 0 saturated heterocycles. The number of amides is 1. The Morgan fingerprint density at radius 2 is 1.74 bits per heavy atom. The fourth-order valence-corrected chi connectivity index (χ4v) is 4.58. The van der Waals surface area contributed by atoms with Crippen LogP contribution in [0.5, 0.6) is 0 Å². The number of rotatable bonds is 8. The van der Waals surface area contributed by atoms with Gasteiger partial charge in [-0.05, 0) is 69.2 Å². The van der Waals surface area contributed by atoms with Gasteiger partial charge in [-0.1, -0.05) is 28.4 Å². The van der Waals surface area contributed by atoms with Gasteiger partial charge in [-0.15, -0.1) is 5.10 Å². The number of aromatic nitrogens is 6.